The molecule has 200 valence electrons. The normalized spacial score (nSPS) is 25.5. The SMILES string of the molecule is COc1ccc2c(C(=O)N[C@@]3(CO)C(O)O[C@H](CO)[C@@H](O)[C@@H]3O)cn(Cc3ccc4ccncc4c3)c2c1. The first-order valence-corrected chi connectivity index (χ1v) is 12.0. The number of nitrogens with one attached hydrogen (secondary N) is 1. The van der Waals surface area contributed by atoms with Crippen LogP contribution in [0.5, 0.6) is 5.75 Å². The van der Waals surface area contributed by atoms with E-state index in [2.05, 4.69) is 10.3 Å². The predicted molar refractivity (Wildman–Crippen MR) is 137 cm³/mol. The topological polar surface area (TPSA) is 167 Å². The van der Waals surface area contributed by atoms with Crippen molar-refractivity contribution < 1.29 is 39.8 Å². The maximum Gasteiger partial charge on any atom is 0.254 e. The molecule has 1 aliphatic rings. The molecule has 0 aliphatic carbocycles. The molecule has 1 fully saturated rings. The second kappa shape index (κ2) is 10.3. The number of aliphatic hydroxyl groups excluding tert-OH is 5. The molecule has 5 atom stereocenters. The van der Waals surface area contributed by atoms with Gasteiger partial charge in [-0.15, -0.1) is 0 Å². The fourth-order valence-corrected chi connectivity index (χ4v) is 4.94. The van der Waals surface area contributed by atoms with Crippen LogP contribution in [0.4, 0.5) is 0 Å². The molecule has 1 saturated heterocycles. The zero-order valence-corrected chi connectivity index (χ0v) is 20.6. The summed E-state index contributed by atoms with van der Waals surface area (Å²) in [6.07, 6.45) is -1.53. The van der Waals surface area contributed by atoms with Gasteiger partial charge in [-0.2, -0.15) is 0 Å². The highest BCUT2D eigenvalue weighted by molar-refractivity contribution is 6.07. The third kappa shape index (κ3) is 4.39. The molecule has 1 amide bonds. The molecule has 11 heteroatoms. The maximum absolute atomic E-state index is 13.6. The van der Waals surface area contributed by atoms with Crippen molar-refractivity contribution in [3.63, 3.8) is 0 Å². The summed E-state index contributed by atoms with van der Waals surface area (Å²) in [5.41, 5.74) is -0.265. The van der Waals surface area contributed by atoms with Crippen LogP contribution in [0.15, 0.2) is 61.1 Å². The second-order valence-corrected chi connectivity index (χ2v) is 9.41. The standard InChI is InChI=1S/C27H29N3O8/c1-37-18-4-5-19-20(25(35)29-27(14-32)24(34)23(33)22(13-31)38-26(27)36)12-30(21(19)9-18)11-15-2-3-16-6-7-28-10-17(16)8-15/h2-10,12,22-24,26,31-34,36H,11,13-14H2,1H3,(H,29,35)/t22-,23-,24+,26?,27-/m1/s1. The van der Waals surface area contributed by atoms with Crippen molar-refractivity contribution in [2.24, 2.45) is 0 Å². The van der Waals surface area contributed by atoms with E-state index in [1.165, 1.54) is 0 Å². The number of aromatic nitrogens is 2. The second-order valence-electron chi connectivity index (χ2n) is 9.41. The largest absolute Gasteiger partial charge is 0.497 e. The Kier molecular flexibility index (Phi) is 7.05. The Morgan fingerprint density at radius 1 is 1.13 bits per heavy atom. The summed E-state index contributed by atoms with van der Waals surface area (Å²) in [6, 6.07) is 13.1. The number of hydrogen-bond donors (Lipinski definition) is 6. The van der Waals surface area contributed by atoms with E-state index in [0.717, 1.165) is 16.3 Å². The van der Waals surface area contributed by atoms with Crippen LogP contribution >= 0.6 is 0 Å². The van der Waals surface area contributed by atoms with Crippen LogP contribution in [0.1, 0.15) is 15.9 Å². The molecule has 4 aromatic rings. The maximum atomic E-state index is 13.6. The molecule has 1 aliphatic heterocycles. The number of carbonyl (C=O) groups excluding carboxylic acids is 1. The van der Waals surface area contributed by atoms with Crippen LogP contribution in [0.2, 0.25) is 0 Å². The van der Waals surface area contributed by atoms with Crippen molar-refractivity contribution in [1.29, 1.82) is 0 Å². The van der Waals surface area contributed by atoms with Crippen LogP contribution in [-0.2, 0) is 11.3 Å². The van der Waals surface area contributed by atoms with Gasteiger partial charge in [0.1, 0.15) is 29.6 Å². The first kappa shape index (κ1) is 26.0. The van der Waals surface area contributed by atoms with Crippen LogP contribution in [0.3, 0.4) is 0 Å². The van der Waals surface area contributed by atoms with Gasteiger partial charge in [0.2, 0.25) is 0 Å². The summed E-state index contributed by atoms with van der Waals surface area (Å²) in [5.74, 6) is -0.130. The predicted octanol–water partition coefficient (Wildman–Crippen LogP) is 0.139. The molecular formula is C27H29N3O8. The van der Waals surface area contributed by atoms with E-state index in [1.54, 1.807) is 43.9 Å². The smallest absolute Gasteiger partial charge is 0.254 e. The van der Waals surface area contributed by atoms with Gasteiger partial charge < -0.3 is 44.9 Å². The molecule has 11 nitrogen and oxygen atoms in total. The Labute approximate surface area is 217 Å². The third-order valence-corrected chi connectivity index (χ3v) is 7.16. The molecule has 0 spiro atoms. The van der Waals surface area contributed by atoms with E-state index < -0.39 is 49.3 Å². The minimum Gasteiger partial charge on any atom is -0.497 e. The molecule has 38 heavy (non-hydrogen) atoms. The lowest BCUT2D eigenvalue weighted by Crippen LogP contribution is -2.74. The van der Waals surface area contributed by atoms with Crippen molar-refractivity contribution in [3.8, 4) is 5.75 Å². The molecule has 2 aromatic heterocycles. The van der Waals surface area contributed by atoms with Crippen molar-refractivity contribution in [2.45, 2.75) is 36.7 Å². The van der Waals surface area contributed by atoms with Gasteiger partial charge in [0.05, 0.1) is 31.4 Å². The number of methoxy groups -OCH3 is 1. The zero-order valence-electron chi connectivity index (χ0n) is 20.6. The van der Waals surface area contributed by atoms with Gasteiger partial charge in [0, 0.05) is 42.0 Å². The minimum absolute atomic E-state index is 0.205. The summed E-state index contributed by atoms with van der Waals surface area (Å²) < 4.78 is 12.4. The fourth-order valence-electron chi connectivity index (χ4n) is 4.94. The van der Waals surface area contributed by atoms with Crippen LogP contribution < -0.4 is 10.1 Å². The molecule has 2 aromatic carbocycles. The van der Waals surface area contributed by atoms with Crippen molar-refractivity contribution in [1.82, 2.24) is 14.9 Å². The first-order chi connectivity index (χ1) is 18.3. The van der Waals surface area contributed by atoms with Gasteiger partial charge in [-0.05, 0) is 35.2 Å². The van der Waals surface area contributed by atoms with Gasteiger partial charge in [0.15, 0.2) is 6.29 Å². The van der Waals surface area contributed by atoms with Gasteiger partial charge >= 0.3 is 0 Å². The van der Waals surface area contributed by atoms with Crippen LogP contribution in [0.25, 0.3) is 21.7 Å². The van der Waals surface area contributed by atoms with Crippen LogP contribution in [0, 0.1) is 0 Å². The number of rotatable bonds is 7. The Morgan fingerprint density at radius 3 is 2.68 bits per heavy atom. The van der Waals surface area contributed by atoms with Crippen LogP contribution in [-0.4, -0.2) is 91.5 Å². The van der Waals surface area contributed by atoms with Gasteiger partial charge in [-0.1, -0.05) is 12.1 Å². The Morgan fingerprint density at radius 2 is 1.95 bits per heavy atom. The highest BCUT2D eigenvalue weighted by Crippen LogP contribution is 2.31. The number of amides is 1. The summed E-state index contributed by atoms with van der Waals surface area (Å²) in [6.45, 7) is -1.20. The molecule has 5 rings (SSSR count). The van der Waals surface area contributed by atoms with Crippen molar-refractivity contribution in [2.75, 3.05) is 20.3 Å². The number of carbonyl (C=O) groups is 1. The number of hydrogen-bond acceptors (Lipinski definition) is 9. The van der Waals surface area contributed by atoms with E-state index in [1.807, 2.05) is 28.8 Å². The van der Waals surface area contributed by atoms with Crippen molar-refractivity contribution in [3.05, 3.63) is 72.2 Å². The average molecular weight is 524 g/mol. The number of ether oxygens (including phenoxy) is 2. The molecule has 6 N–H and O–H groups in total. The van der Waals surface area contributed by atoms with E-state index in [4.69, 9.17) is 9.47 Å². The molecule has 0 bridgehead atoms. The highest BCUT2D eigenvalue weighted by Gasteiger charge is 2.56. The number of benzene rings is 2. The Bertz CT molecular complexity index is 1470. The lowest BCUT2D eigenvalue weighted by molar-refractivity contribution is -0.288. The van der Waals surface area contributed by atoms with Gasteiger partial charge in [-0.3, -0.25) is 9.78 Å². The number of pyridine rings is 1. The molecule has 1 unspecified atom stereocenters. The highest BCUT2D eigenvalue weighted by atomic mass is 16.6. The number of fused-ring (bicyclic) bond motifs is 2. The van der Waals surface area contributed by atoms with E-state index in [0.29, 0.717) is 23.2 Å². The molecule has 0 radical (unpaired) electrons. The van der Waals surface area contributed by atoms with Crippen molar-refractivity contribution >= 4 is 27.6 Å². The molecular weight excluding hydrogens is 494 g/mol. The fraction of sp³-hybridized carbons (Fsp3) is 0.333. The third-order valence-electron chi connectivity index (χ3n) is 7.16. The summed E-state index contributed by atoms with van der Waals surface area (Å²) in [7, 11) is 1.54. The lowest BCUT2D eigenvalue weighted by atomic mass is 9.83. The first-order valence-electron chi connectivity index (χ1n) is 12.0. The van der Waals surface area contributed by atoms with E-state index in [-0.39, 0.29) is 5.56 Å². The quantitative estimate of drug-likeness (QED) is 0.197. The summed E-state index contributed by atoms with van der Waals surface area (Å²) in [4.78, 5) is 17.7. The lowest BCUT2D eigenvalue weighted by Gasteiger charge is -2.48. The minimum atomic E-state index is -2.13. The average Bonchev–Trinajstić information content (AvgIpc) is 3.30. The molecule has 3 heterocycles. The van der Waals surface area contributed by atoms with E-state index >= 15 is 0 Å². The summed E-state index contributed by atoms with van der Waals surface area (Å²) in [5, 5.41) is 56.2. The van der Waals surface area contributed by atoms with Gasteiger partial charge in [0.25, 0.3) is 5.91 Å². The molecule has 0 saturated carbocycles. The number of aliphatic hydroxyl groups is 5. The zero-order chi connectivity index (χ0) is 27.0. The number of nitrogens with zero attached hydrogens (tertiary/aromatic N) is 2. The summed E-state index contributed by atoms with van der Waals surface area (Å²) >= 11 is 0. The Balaban J connectivity index is 1.52. The van der Waals surface area contributed by atoms with Gasteiger partial charge in [-0.25, -0.2) is 0 Å². The van der Waals surface area contributed by atoms with E-state index in [9.17, 15) is 30.3 Å². The monoisotopic (exact) mass is 523 g/mol. The Hall–Kier alpha value is -3.58.